The number of ketones is 1. The third-order valence-corrected chi connectivity index (χ3v) is 5.16. The van der Waals surface area contributed by atoms with Crippen LogP contribution in [0.2, 0.25) is 0 Å². The van der Waals surface area contributed by atoms with Crippen LogP contribution in [0.3, 0.4) is 0 Å². The molecule has 0 aliphatic heterocycles. The summed E-state index contributed by atoms with van der Waals surface area (Å²) >= 11 is 0. The van der Waals surface area contributed by atoms with Crippen molar-refractivity contribution in [3.63, 3.8) is 0 Å². The summed E-state index contributed by atoms with van der Waals surface area (Å²) in [6, 6.07) is 13.5. The molecular weight excluding hydrogens is 386 g/mol. The Bertz CT molecular complexity index is 1410. The monoisotopic (exact) mass is 405 g/mol. The van der Waals surface area contributed by atoms with Gasteiger partial charge in [-0.2, -0.15) is 0 Å². The van der Waals surface area contributed by atoms with E-state index in [2.05, 4.69) is 4.98 Å². The lowest BCUT2D eigenvalue weighted by Gasteiger charge is -2.09. The maximum atomic E-state index is 13.4. The van der Waals surface area contributed by atoms with Crippen LogP contribution in [0, 0.1) is 0 Å². The predicted octanol–water partition coefficient (Wildman–Crippen LogP) is 2.18. The molecule has 0 aliphatic carbocycles. The number of nitrogens with one attached hydrogen (secondary N) is 1. The first kappa shape index (κ1) is 19.3. The molecule has 8 heteroatoms. The van der Waals surface area contributed by atoms with Crippen LogP contribution < -0.4 is 16.0 Å². The van der Waals surface area contributed by atoms with Gasteiger partial charge in [-0.1, -0.05) is 36.4 Å². The van der Waals surface area contributed by atoms with Crippen molar-refractivity contribution in [2.75, 3.05) is 7.11 Å². The predicted molar refractivity (Wildman–Crippen MR) is 112 cm³/mol. The number of carbonyl (C=O) groups is 1. The van der Waals surface area contributed by atoms with E-state index in [-0.39, 0.29) is 33.8 Å². The Balaban J connectivity index is 2.12. The highest BCUT2D eigenvalue weighted by atomic mass is 16.5. The molecule has 0 saturated heterocycles. The van der Waals surface area contributed by atoms with Gasteiger partial charge in [0.1, 0.15) is 5.65 Å². The van der Waals surface area contributed by atoms with E-state index < -0.39 is 17.0 Å². The zero-order chi connectivity index (χ0) is 21.6. The van der Waals surface area contributed by atoms with Gasteiger partial charge >= 0.3 is 5.69 Å². The number of H-pyrrole nitrogens is 1. The molecule has 0 spiro atoms. The van der Waals surface area contributed by atoms with Crippen molar-refractivity contribution in [3.8, 4) is 22.6 Å². The Hall–Kier alpha value is -4.07. The molecule has 0 radical (unpaired) electrons. The van der Waals surface area contributed by atoms with Gasteiger partial charge in [-0.3, -0.25) is 18.7 Å². The van der Waals surface area contributed by atoms with E-state index in [0.29, 0.717) is 11.1 Å². The number of carbonyl (C=O) groups excluding carboxylic acids is 1. The second kappa shape index (κ2) is 7.07. The highest BCUT2D eigenvalue weighted by Crippen LogP contribution is 2.35. The van der Waals surface area contributed by atoms with Crippen LogP contribution in [0.1, 0.15) is 16.1 Å². The van der Waals surface area contributed by atoms with Gasteiger partial charge in [0.2, 0.25) is 5.78 Å². The van der Waals surface area contributed by atoms with Crippen molar-refractivity contribution < 1.29 is 14.6 Å². The second-order valence-electron chi connectivity index (χ2n) is 6.86. The van der Waals surface area contributed by atoms with Gasteiger partial charge in [-0.25, -0.2) is 4.79 Å². The van der Waals surface area contributed by atoms with Crippen LogP contribution in [-0.2, 0) is 14.1 Å². The summed E-state index contributed by atoms with van der Waals surface area (Å²) < 4.78 is 7.39. The van der Waals surface area contributed by atoms with Gasteiger partial charge in [-0.05, 0) is 17.7 Å². The summed E-state index contributed by atoms with van der Waals surface area (Å²) in [6.07, 6.45) is 0. The van der Waals surface area contributed by atoms with Crippen molar-refractivity contribution in [2.45, 2.75) is 0 Å². The highest BCUT2D eigenvalue weighted by Gasteiger charge is 2.27. The minimum Gasteiger partial charge on any atom is -0.504 e. The largest absolute Gasteiger partial charge is 0.504 e. The molecule has 2 N–H and O–H groups in total. The van der Waals surface area contributed by atoms with Crippen LogP contribution in [-0.4, -0.2) is 32.1 Å². The third kappa shape index (κ3) is 2.73. The van der Waals surface area contributed by atoms with Crippen molar-refractivity contribution in [2.24, 2.45) is 14.1 Å². The number of nitrogens with zero attached hydrogens (tertiary/aromatic N) is 2. The maximum Gasteiger partial charge on any atom is 0.332 e. The smallest absolute Gasteiger partial charge is 0.332 e. The number of methoxy groups -OCH3 is 1. The van der Waals surface area contributed by atoms with E-state index >= 15 is 0 Å². The van der Waals surface area contributed by atoms with Crippen molar-refractivity contribution >= 4 is 16.8 Å². The first-order valence-electron chi connectivity index (χ1n) is 9.14. The second-order valence-corrected chi connectivity index (χ2v) is 6.86. The Morgan fingerprint density at radius 3 is 2.37 bits per heavy atom. The first-order valence-corrected chi connectivity index (χ1v) is 9.14. The molecule has 0 saturated carbocycles. The van der Waals surface area contributed by atoms with Crippen LogP contribution >= 0.6 is 0 Å². The Kier molecular flexibility index (Phi) is 4.54. The minimum atomic E-state index is -0.532. The standard InChI is InChI=1S/C22H19N3O5/c1-24-20-16(21(28)25(2)22(24)29)15(12-8-5-4-6-9-12)17(23-20)19(27)13-10-7-11-14(30-3)18(13)26/h4-11,23,26H,1-3H3. The number of rotatable bonds is 4. The number of aromatic amines is 1. The van der Waals surface area contributed by atoms with Crippen LogP contribution in [0.25, 0.3) is 22.2 Å². The third-order valence-electron chi connectivity index (χ3n) is 5.16. The van der Waals surface area contributed by atoms with E-state index in [1.165, 1.54) is 37.9 Å². The molecule has 8 nitrogen and oxygen atoms in total. The molecule has 0 atom stereocenters. The summed E-state index contributed by atoms with van der Waals surface area (Å²) in [5.41, 5.74) is 0.304. The average molecular weight is 405 g/mol. The number of aryl methyl sites for hydroxylation is 1. The van der Waals surface area contributed by atoms with E-state index in [1.54, 1.807) is 30.3 Å². The molecule has 0 unspecified atom stereocenters. The summed E-state index contributed by atoms with van der Waals surface area (Å²) in [5.74, 6) is -0.679. The fourth-order valence-electron chi connectivity index (χ4n) is 3.59. The lowest BCUT2D eigenvalue weighted by molar-refractivity contribution is 0.103. The first-order chi connectivity index (χ1) is 14.4. The number of phenolic OH excluding ortho intramolecular Hbond substituents is 1. The number of aromatic nitrogens is 3. The maximum absolute atomic E-state index is 13.4. The van der Waals surface area contributed by atoms with Gasteiger partial charge in [-0.15, -0.1) is 0 Å². The molecule has 0 fully saturated rings. The molecule has 0 aliphatic rings. The normalized spacial score (nSPS) is 11.0. The molecular formula is C22H19N3O5. The minimum absolute atomic E-state index is 0.0138. The number of phenols is 1. The molecule has 0 bridgehead atoms. The van der Waals surface area contributed by atoms with Crippen molar-refractivity contribution in [1.82, 2.24) is 14.1 Å². The number of ether oxygens (including phenoxy) is 1. The van der Waals surface area contributed by atoms with Gasteiger partial charge < -0.3 is 14.8 Å². The molecule has 4 rings (SSSR count). The van der Waals surface area contributed by atoms with Crippen LogP contribution in [0.15, 0.2) is 58.1 Å². The summed E-state index contributed by atoms with van der Waals surface area (Å²) in [6.45, 7) is 0. The summed E-state index contributed by atoms with van der Waals surface area (Å²) in [4.78, 5) is 41.8. The number of para-hydroxylation sites is 1. The number of hydrogen-bond donors (Lipinski definition) is 2. The van der Waals surface area contributed by atoms with Crippen LogP contribution in [0.5, 0.6) is 11.5 Å². The van der Waals surface area contributed by atoms with E-state index in [1.807, 2.05) is 6.07 Å². The molecule has 152 valence electrons. The van der Waals surface area contributed by atoms with Crippen molar-refractivity contribution in [1.29, 1.82) is 0 Å². The molecule has 2 heterocycles. The van der Waals surface area contributed by atoms with E-state index in [0.717, 1.165) is 4.57 Å². The molecule has 0 amide bonds. The summed E-state index contributed by atoms with van der Waals surface area (Å²) in [5, 5.41) is 10.7. The van der Waals surface area contributed by atoms with Crippen molar-refractivity contribution in [3.05, 3.63) is 80.6 Å². The van der Waals surface area contributed by atoms with Gasteiger partial charge in [0.25, 0.3) is 5.56 Å². The molecule has 4 aromatic rings. The highest BCUT2D eigenvalue weighted by molar-refractivity contribution is 6.17. The number of aromatic hydroxyl groups is 1. The average Bonchev–Trinajstić information content (AvgIpc) is 3.17. The number of hydrogen-bond acceptors (Lipinski definition) is 5. The molecule has 2 aromatic heterocycles. The zero-order valence-electron chi connectivity index (χ0n) is 16.6. The molecule has 2 aromatic carbocycles. The topological polar surface area (TPSA) is 106 Å². The lowest BCUT2D eigenvalue weighted by atomic mass is 9.98. The Morgan fingerprint density at radius 1 is 1.00 bits per heavy atom. The quantitative estimate of drug-likeness (QED) is 0.506. The van der Waals surface area contributed by atoms with E-state index in [9.17, 15) is 19.5 Å². The van der Waals surface area contributed by atoms with Crippen LogP contribution in [0.4, 0.5) is 0 Å². The zero-order valence-corrected chi connectivity index (χ0v) is 16.6. The molecule has 30 heavy (non-hydrogen) atoms. The number of fused-ring (bicyclic) bond motifs is 1. The Labute approximate surface area is 170 Å². The Morgan fingerprint density at radius 2 is 1.70 bits per heavy atom. The lowest BCUT2D eigenvalue weighted by Crippen LogP contribution is -2.36. The van der Waals surface area contributed by atoms with Gasteiger partial charge in [0.15, 0.2) is 11.5 Å². The van der Waals surface area contributed by atoms with E-state index in [4.69, 9.17) is 4.74 Å². The summed E-state index contributed by atoms with van der Waals surface area (Å²) in [7, 11) is 4.30. The SMILES string of the molecule is COc1cccc(C(=O)c2[nH]c3c(c2-c2ccccc2)c(=O)n(C)c(=O)n3C)c1O. The fraction of sp³-hybridized carbons (Fsp3) is 0.136. The van der Waals surface area contributed by atoms with Gasteiger partial charge in [0, 0.05) is 19.7 Å². The van der Waals surface area contributed by atoms with Gasteiger partial charge in [0.05, 0.1) is 23.8 Å². The number of benzene rings is 2. The fourth-order valence-corrected chi connectivity index (χ4v) is 3.59.